The lowest BCUT2D eigenvalue weighted by Gasteiger charge is -2.09. The van der Waals surface area contributed by atoms with Gasteiger partial charge in [0.2, 0.25) is 6.79 Å². The lowest BCUT2D eigenvalue weighted by atomic mass is 10.2. The molecule has 1 aliphatic heterocycles. The third kappa shape index (κ3) is 5.27. The highest BCUT2D eigenvalue weighted by molar-refractivity contribution is 7.92. The van der Waals surface area contributed by atoms with Gasteiger partial charge in [0.05, 0.1) is 21.7 Å². The molecular formula is C26H23N3O7S2. The van der Waals surface area contributed by atoms with Gasteiger partial charge in [0.25, 0.3) is 15.9 Å². The number of hydrogen-bond acceptors (Lipinski definition) is 8. The number of sulfonamides is 1. The van der Waals surface area contributed by atoms with E-state index >= 15 is 0 Å². The zero-order chi connectivity index (χ0) is 26.9. The number of carbonyl (C=O) groups is 2. The van der Waals surface area contributed by atoms with Crippen LogP contribution in [0, 0.1) is 6.92 Å². The molecule has 0 spiro atoms. The number of aryl methyl sites for hydroxylation is 1. The van der Waals surface area contributed by atoms with E-state index < -0.39 is 21.9 Å². The van der Waals surface area contributed by atoms with Gasteiger partial charge >= 0.3 is 5.97 Å². The number of esters is 1. The summed E-state index contributed by atoms with van der Waals surface area (Å²) in [7, 11) is -3.85. The maximum absolute atomic E-state index is 13.2. The molecular weight excluding hydrogens is 530 g/mol. The van der Waals surface area contributed by atoms with Crippen molar-refractivity contribution in [1.82, 2.24) is 4.57 Å². The number of hydrogen-bond donors (Lipinski definition) is 1. The molecule has 0 fully saturated rings. The minimum atomic E-state index is -3.85. The minimum Gasteiger partial charge on any atom is -0.465 e. The van der Waals surface area contributed by atoms with Gasteiger partial charge in [-0.1, -0.05) is 35.1 Å². The van der Waals surface area contributed by atoms with Crippen LogP contribution in [0.3, 0.4) is 0 Å². The van der Waals surface area contributed by atoms with E-state index in [0.29, 0.717) is 17.0 Å². The molecule has 2 heterocycles. The van der Waals surface area contributed by atoms with Crippen LogP contribution < -0.4 is 19.0 Å². The van der Waals surface area contributed by atoms with Crippen LogP contribution in [0.1, 0.15) is 22.8 Å². The van der Waals surface area contributed by atoms with Crippen LogP contribution in [0.15, 0.2) is 70.6 Å². The number of thiazole rings is 1. The minimum absolute atomic E-state index is 0.101. The first-order chi connectivity index (χ1) is 18.2. The van der Waals surface area contributed by atoms with E-state index in [4.69, 9.17) is 14.2 Å². The molecule has 0 atom stereocenters. The highest BCUT2D eigenvalue weighted by Crippen LogP contribution is 2.37. The Kier molecular flexibility index (Phi) is 6.91. The Balaban J connectivity index is 1.49. The fourth-order valence-electron chi connectivity index (χ4n) is 3.83. The topological polar surface area (TPSA) is 125 Å². The monoisotopic (exact) mass is 553 g/mol. The molecule has 0 radical (unpaired) electrons. The van der Waals surface area contributed by atoms with Gasteiger partial charge in [-0.15, -0.1) is 0 Å². The number of nitrogens with zero attached hydrogens (tertiary/aromatic N) is 2. The van der Waals surface area contributed by atoms with Crippen LogP contribution in [0.2, 0.25) is 0 Å². The summed E-state index contributed by atoms with van der Waals surface area (Å²) in [6, 6.07) is 16.0. The smallest absolute Gasteiger partial charge is 0.326 e. The molecule has 0 saturated heterocycles. The second-order valence-electron chi connectivity index (χ2n) is 8.37. The summed E-state index contributed by atoms with van der Waals surface area (Å²) in [5, 5.41) is 0. The molecule has 12 heteroatoms. The Hall–Kier alpha value is -4.16. The predicted octanol–water partition coefficient (Wildman–Crippen LogP) is 3.84. The fourth-order valence-corrected chi connectivity index (χ4v) is 5.92. The zero-order valence-corrected chi connectivity index (χ0v) is 22.1. The number of fused-ring (bicyclic) bond motifs is 2. The first-order valence-electron chi connectivity index (χ1n) is 11.6. The average Bonchev–Trinajstić information content (AvgIpc) is 3.46. The summed E-state index contributed by atoms with van der Waals surface area (Å²) in [5.74, 6) is 0.00434. The standard InChI is InChI=1S/C26H23N3O7S2/c1-3-34-24(30)14-29-20-12-21-22(36-15-35-21)13-23(20)37-26(29)27-25(31)17-5-4-6-18(11-17)28-38(32,33)19-9-7-16(2)8-10-19/h4-13,28H,3,14-15H2,1-2H3. The summed E-state index contributed by atoms with van der Waals surface area (Å²) in [6.45, 7) is 3.73. The van der Waals surface area contributed by atoms with Crippen molar-refractivity contribution >= 4 is 49.1 Å². The third-order valence-corrected chi connectivity index (χ3v) is 8.10. The number of aromatic nitrogens is 1. The molecule has 196 valence electrons. The summed E-state index contributed by atoms with van der Waals surface area (Å²) >= 11 is 1.21. The first-order valence-corrected chi connectivity index (χ1v) is 13.9. The van der Waals surface area contributed by atoms with Crippen molar-refractivity contribution in [2.24, 2.45) is 4.99 Å². The Labute approximate surface area is 222 Å². The normalized spacial score (nSPS) is 13.1. The van der Waals surface area contributed by atoms with Crippen LogP contribution >= 0.6 is 11.3 Å². The van der Waals surface area contributed by atoms with Crippen LogP contribution in [0.4, 0.5) is 5.69 Å². The van der Waals surface area contributed by atoms with E-state index in [2.05, 4.69) is 9.71 Å². The van der Waals surface area contributed by atoms with Crippen molar-refractivity contribution < 1.29 is 32.2 Å². The molecule has 0 saturated carbocycles. The Morgan fingerprint density at radius 2 is 1.82 bits per heavy atom. The number of benzene rings is 3. The van der Waals surface area contributed by atoms with Gasteiger partial charge in [-0.25, -0.2) is 8.42 Å². The lowest BCUT2D eigenvalue weighted by Crippen LogP contribution is -2.23. The molecule has 38 heavy (non-hydrogen) atoms. The van der Waals surface area contributed by atoms with E-state index in [0.717, 1.165) is 10.3 Å². The van der Waals surface area contributed by atoms with Crippen molar-refractivity contribution in [3.63, 3.8) is 0 Å². The van der Waals surface area contributed by atoms with Crippen molar-refractivity contribution in [3.8, 4) is 11.5 Å². The number of rotatable bonds is 7. The van der Waals surface area contributed by atoms with E-state index in [-0.39, 0.29) is 40.9 Å². The van der Waals surface area contributed by atoms with Gasteiger partial charge in [0.1, 0.15) is 6.54 Å². The number of ether oxygens (including phenoxy) is 3. The second-order valence-corrected chi connectivity index (χ2v) is 11.1. The number of carbonyl (C=O) groups excluding carboxylic acids is 2. The van der Waals surface area contributed by atoms with Crippen molar-refractivity contribution in [2.45, 2.75) is 25.3 Å². The molecule has 3 aromatic carbocycles. The largest absolute Gasteiger partial charge is 0.465 e. The third-order valence-electron chi connectivity index (χ3n) is 5.66. The fraction of sp³-hybridized carbons (Fsp3) is 0.192. The van der Waals surface area contributed by atoms with Gasteiger partial charge in [0, 0.05) is 23.4 Å². The Morgan fingerprint density at radius 1 is 1.08 bits per heavy atom. The molecule has 1 aliphatic rings. The van der Waals surface area contributed by atoms with Gasteiger partial charge in [-0.2, -0.15) is 4.99 Å². The zero-order valence-electron chi connectivity index (χ0n) is 20.5. The van der Waals surface area contributed by atoms with Crippen LogP contribution in [-0.2, 0) is 26.1 Å². The molecule has 4 aromatic rings. The molecule has 5 rings (SSSR count). The number of nitrogens with one attached hydrogen (secondary N) is 1. The number of amides is 1. The van der Waals surface area contributed by atoms with Crippen molar-refractivity contribution in [1.29, 1.82) is 0 Å². The molecule has 0 aliphatic carbocycles. The number of anilines is 1. The van der Waals surface area contributed by atoms with E-state index in [1.807, 2.05) is 6.92 Å². The highest BCUT2D eigenvalue weighted by Gasteiger charge is 2.20. The van der Waals surface area contributed by atoms with E-state index in [1.54, 1.807) is 47.9 Å². The quantitative estimate of drug-likeness (QED) is 0.345. The van der Waals surface area contributed by atoms with Crippen molar-refractivity contribution in [2.75, 3.05) is 18.1 Å². The van der Waals surface area contributed by atoms with Crippen LogP contribution in [0.25, 0.3) is 10.2 Å². The van der Waals surface area contributed by atoms with Gasteiger partial charge in [-0.3, -0.25) is 14.3 Å². The summed E-state index contributed by atoms with van der Waals surface area (Å²) in [6.07, 6.45) is 0. The molecule has 0 bridgehead atoms. The second kappa shape index (κ2) is 10.3. The predicted molar refractivity (Wildman–Crippen MR) is 141 cm³/mol. The Bertz CT molecular complexity index is 1720. The summed E-state index contributed by atoms with van der Waals surface area (Å²) in [4.78, 5) is 30.1. The lowest BCUT2D eigenvalue weighted by molar-refractivity contribution is -0.143. The van der Waals surface area contributed by atoms with Gasteiger partial charge < -0.3 is 18.8 Å². The van der Waals surface area contributed by atoms with Gasteiger partial charge in [0.15, 0.2) is 16.3 Å². The van der Waals surface area contributed by atoms with Gasteiger partial charge in [-0.05, 0) is 44.2 Å². The van der Waals surface area contributed by atoms with Crippen molar-refractivity contribution in [3.05, 3.63) is 76.6 Å². The van der Waals surface area contributed by atoms with Crippen LogP contribution in [-0.4, -0.2) is 38.3 Å². The molecule has 1 N–H and O–H groups in total. The molecule has 0 unspecified atom stereocenters. The summed E-state index contributed by atoms with van der Waals surface area (Å²) in [5.41, 5.74) is 1.96. The molecule has 1 aromatic heterocycles. The SMILES string of the molecule is CCOC(=O)Cn1c(=NC(=O)c2cccc(NS(=O)(=O)c3ccc(C)cc3)c2)sc2cc3c(cc21)OCO3. The molecule has 1 amide bonds. The van der Waals surface area contributed by atoms with E-state index in [9.17, 15) is 18.0 Å². The van der Waals surface area contributed by atoms with E-state index in [1.165, 1.54) is 35.6 Å². The maximum atomic E-state index is 13.2. The van der Waals surface area contributed by atoms with Crippen LogP contribution in [0.5, 0.6) is 11.5 Å². The summed E-state index contributed by atoms with van der Waals surface area (Å²) < 4.78 is 46.4. The highest BCUT2D eigenvalue weighted by atomic mass is 32.2. The molecule has 10 nitrogen and oxygen atoms in total. The Morgan fingerprint density at radius 3 is 2.55 bits per heavy atom. The first kappa shape index (κ1) is 25.5. The average molecular weight is 554 g/mol. The maximum Gasteiger partial charge on any atom is 0.326 e.